The second-order valence-electron chi connectivity index (χ2n) is 16.2. The minimum absolute atomic E-state index is 0.0470. The fourth-order valence-corrected chi connectivity index (χ4v) is 6.44. The minimum Gasteiger partial charge on any atom is -0.460 e. The van der Waals surface area contributed by atoms with Crippen molar-refractivity contribution in [3.63, 3.8) is 0 Å². The van der Waals surface area contributed by atoms with Crippen LogP contribution in [0.4, 0.5) is 11.8 Å². The van der Waals surface area contributed by atoms with Gasteiger partial charge in [-0.05, 0) is 106 Å². The number of hydrogen-bond donors (Lipinski definition) is 6. The maximum atomic E-state index is 14.1. The van der Waals surface area contributed by atoms with Crippen LogP contribution >= 0.6 is 11.3 Å². The molecule has 0 saturated heterocycles. The summed E-state index contributed by atoms with van der Waals surface area (Å²) in [6.07, 6.45) is 0.636. The zero-order chi connectivity index (χ0) is 39.9. The van der Waals surface area contributed by atoms with Gasteiger partial charge in [0.15, 0.2) is 5.66 Å². The lowest BCUT2D eigenvalue weighted by Crippen LogP contribution is -2.69. The minimum atomic E-state index is -2.16. The highest BCUT2D eigenvalue weighted by Gasteiger charge is 2.47. The van der Waals surface area contributed by atoms with Crippen LogP contribution in [-0.2, 0) is 46.2 Å². The molecule has 0 aromatic carbocycles. The third-order valence-corrected chi connectivity index (χ3v) is 8.90. The molecule has 1 aliphatic heterocycles. The Morgan fingerprint density at radius 1 is 0.962 bits per heavy atom. The molecule has 8 N–H and O–H groups in total. The first-order valence-electron chi connectivity index (χ1n) is 17.6. The number of nitrogens with two attached hydrogens (primary N) is 2. The molecule has 0 bridgehead atoms. The smallest absolute Gasteiger partial charge is 0.347 e. The number of aryl methyl sites for hydroxylation is 1. The maximum absolute atomic E-state index is 14.1. The summed E-state index contributed by atoms with van der Waals surface area (Å²) < 4.78 is 16.8. The van der Waals surface area contributed by atoms with Crippen molar-refractivity contribution in [3.05, 3.63) is 37.8 Å². The molecule has 1 aliphatic rings. The topological polar surface area (TPSA) is 247 Å². The van der Waals surface area contributed by atoms with Crippen LogP contribution in [0, 0.1) is 5.92 Å². The number of nitrogens with zero attached hydrogens (tertiary/aromatic N) is 1. The number of nitrogen functional groups attached to an aromatic ring is 1. The summed E-state index contributed by atoms with van der Waals surface area (Å²) >= 11 is 1.21. The Labute approximate surface area is 313 Å². The number of carbonyl (C=O) groups is 5. The molecule has 0 radical (unpaired) electrons. The molecule has 2 amide bonds. The van der Waals surface area contributed by atoms with Crippen molar-refractivity contribution >= 4 is 52.8 Å². The normalized spacial score (nSPS) is 16.3. The lowest BCUT2D eigenvalue weighted by Gasteiger charge is -2.38. The van der Waals surface area contributed by atoms with Crippen molar-refractivity contribution in [2.24, 2.45) is 11.7 Å². The summed E-state index contributed by atoms with van der Waals surface area (Å²) in [6.45, 7) is 15.6. The quantitative estimate of drug-likeness (QED) is 0.0869. The van der Waals surface area contributed by atoms with E-state index in [0.717, 1.165) is 4.88 Å². The highest BCUT2D eigenvalue weighted by atomic mass is 32.1. The van der Waals surface area contributed by atoms with Gasteiger partial charge in [0.2, 0.25) is 11.9 Å². The van der Waals surface area contributed by atoms with E-state index < -0.39 is 58.2 Å². The van der Waals surface area contributed by atoms with Gasteiger partial charge < -0.3 is 36.3 Å². The Kier molecular flexibility index (Phi) is 13.8. The van der Waals surface area contributed by atoms with Crippen molar-refractivity contribution in [1.29, 1.82) is 0 Å². The van der Waals surface area contributed by atoms with Crippen molar-refractivity contribution in [3.8, 4) is 0 Å². The van der Waals surface area contributed by atoms with E-state index in [4.69, 9.17) is 25.7 Å². The van der Waals surface area contributed by atoms with Gasteiger partial charge in [-0.15, -0.1) is 11.3 Å². The van der Waals surface area contributed by atoms with Gasteiger partial charge in [0, 0.05) is 30.7 Å². The fourth-order valence-electron chi connectivity index (χ4n) is 5.53. The number of H-pyrrole nitrogens is 1. The molecule has 0 saturated carbocycles. The first kappa shape index (κ1) is 42.9. The summed E-state index contributed by atoms with van der Waals surface area (Å²) in [5.41, 5.74) is 6.51. The summed E-state index contributed by atoms with van der Waals surface area (Å²) in [5.74, 6) is -3.17. The zero-order valence-electron chi connectivity index (χ0n) is 32.2. The summed E-state index contributed by atoms with van der Waals surface area (Å²) in [4.78, 5) is 86.8. The van der Waals surface area contributed by atoms with E-state index in [2.05, 4.69) is 25.9 Å². The largest absolute Gasteiger partial charge is 0.460 e. The monoisotopic (exact) mass is 761 g/mol. The molecule has 294 valence electrons. The molecule has 0 aliphatic carbocycles. The van der Waals surface area contributed by atoms with E-state index in [-0.39, 0.29) is 48.0 Å². The van der Waals surface area contributed by atoms with Gasteiger partial charge >= 0.3 is 17.9 Å². The average molecular weight is 762 g/mol. The number of ether oxygens (including phenoxy) is 3. The van der Waals surface area contributed by atoms with E-state index in [1.807, 2.05) is 0 Å². The number of primary amides is 1. The first-order valence-corrected chi connectivity index (χ1v) is 18.4. The van der Waals surface area contributed by atoms with Crippen LogP contribution in [0.5, 0.6) is 0 Å². The highest BCUT2D eigenvalue weighted by molar-refractivity contribution is 7.14. The summed E-state index contributed by atoms with van der Waals surface area (Å²) in [6, 6.07) is 2.08. The van der Waals surface area contributed by atoms with Gasteiger partial charge in [0.25, 0.3) is 11.5 Å². The lowest BCUT2D eigenvalue weighted by molar-refractivity contribution is -0.168. The van der Waals surface area contributed by atoms with Gasteiger partial charge in [-0.25, -0.2) is 4.79 Å². The lowest BCUT2D eigenvalue weighted by atomic mass is 9.92. The molecule has 0 spiro atoms. The number of esters is 3. The first-order chi connectivity index (χ1) is 24.3. The third-order valence-electron chi connectivity index (χ3n) is 7.76. The average Bonchev–Trinajstić information content (AvgIpc) is 3.47. The van der Waals surface area contributed by atoms with Gasteiger partial charge in [0.1, 0.15) is 28.7 Å². The number of hydrogen-bond acceptors (Lipinski definition) is 14. The summed E-state index contributed by atoms with van der Waals surface area (Å²) in [5, 5.41) is 8.84. The van der Waals surface area contributed by atoms with Crippen molar-refractivity contribution < 1.29 is 38.2 Å². The number of amides is 2. The van der Waals surface area contributed by atoms with Crippen LogP contribution in [0.25, 0.3) is 0 Å². The highest BCUT2D eigenvalue weighted by Crippen LogP contribution is 2.27. The molecule has 2 aromatic rings. The van der Waals surface area contributed by atoms with Crippen molar-refractivity contribution in [1.82, 2.24) is 20.6 Å². The molecule has 0 fully saturated rings. The van der Waals surface area contributed by atoms with E-state index in [9.17, 15) is 28.8 Å². The molecule has 3 atom stereocenters. The number of carbonyl (C=O) groups excluding carboxylic acids is 5. The number of fused-ring (bicyclic) bond motifs is 1. The Bertz CT molecular complexity index is 1720. The number of rotatable bonds is 15. The van der Waals surface area contributed by atoms with Crippen molar-refractivity contribution in [2.45, 2.75) is 136 Å². The second kappa shape index (κ2) is 17.1. The molecule has 2 aromatic heterocycles. The van der Waals surface area contributed by atoms with Crippen LogP contribution in [0.2, 0.25) is 0 Å². The number of anilines is 2. The number of nitrogens with one attached hydrogen (secondary N) is 4. The third kappa shape index (κ3) is 13.8. The molecule has 16 nitrogen and oxygen atoms in total. The van der Waals surface area contributed by atoms with Gasteiger partial charge in [-0.3, -0.25) is 34.3 Å². The van der Waals surface area contributed by atoms with Gasteiger partial charge in [0.05, 0.1) is 10.4 Å². The van der Waals surface area contributed by atoms with Crippen LogP contribution in [0.15, 0.2) is 16.9 Å². The van der Waals surface area contributed by atoms with E-state index in [1.165, 1.54) is 11.3 Å². The molecule has 3 rings (SSSR count). The van der Waals surface area contributed by atoms with Gasteiger partial charge in [-0.1, -0.05) is 0 Å². The zero-order valence-corrected chi connectivity index (χ0v) is 33.0. The molecule has 1 unspecified atom stereocenters. The van der Waals surface area contributed by atoms with E-state index >= 15 is 0 Å². The molecule has 3 heterocycles. The van der Waals surface area contributed by atoms with E-state index in [1.54, 1.807) is 74.4 Å². The van der Waals surface area contributed by atoms with Crippen LogP contribution in [0.1, 0.15) is 115 Å². The van der Waals surface area contributed by atoms with Crippen LogP contribution in [0.3, 0.4) is 0 Å². The van der Waals surface area contributed by atoms with Crippen LogP contribution < -0.4 is 33.0 Å². The predicted octanol–water partition coefficient (Wildman–Crippen LogP) is 3.09. The standard InChI is InChI=1S/C36H55N7O9S/c1-33(2,3)50-26(45)15-13-23(30(48)51-34(4,5)6)42-36(17-16-25(37)44,31(49)52-35(7,8)9)43-29(47)24-14-12-21(53-24)11-10-20-18-22-27(39-19-20)40-32(38)41-28(22)46/h12,14,20,23,42H,10-11,13,15-19H2,1-9H3,(H2,37,44)(H,43,47)(H4,38,39,40,41,46)/t20?,23-,36+/m1/s1. The molecule has 53 heavy (non-hydrogen) atoms. The number of aromatic nitrogens is 2. The van der Waals surface area contributed by atoms with E-state index in [0.29, 0.717) is 37.2 Å². The predicted molar refractivity (Wildman–Crippen MR) is 200 cm³/mol. The maximum Gasteiger partial charge on any atom is 0.347 e. The Morgan fingerprint density at radius 3 is 2.21 bits per heavy atom. The molecular weight excluding hydrogens is 707 g/mol. The Morgan fingerprint density at radius 2 is 1.60 bits per heavy atom. The Balaban J connectivity index is 1.91. The van der Waals surface area contributed by atoms with Crippen LogP contribution in [-0.4, -0.2) is 74.7 Å². The molecular formula is C36H55N7O9S. The SMILES string of the molecule is CC(C)(C)OC(=O)CC[C@@H](N[C@@](CCC(N)=O)(NC(=O)c1ccc(CCC2CNc3nc(N)[nH]c(=O)c3C2)s1)C(=O)OC(C)(C)C)C(=O)OC(C)(C)C. The Hall–Kier alpha value is -4.51. The molecule has 17 heteroatoms. The second-order valence-corrected chi connectivity index (χ2v) is 17.4. The number of aromatic amines is 1. The summed E-state index contributed by atoms with van der Waals surface area (Å²) in [7, 11) is 0. The number of thiophene rings is 1. The van der Waals surface area contributed by atoms with Crippen molar-refractivity contribution in [2.75, 3.05) is 17.6 Å². The fraction of sp³-hybridized carbons (Fsp3) is 0.639. The van der Waals surface area contributed by atoms with Gasteiger partial charge in [-0.2, -0.15) is 4.98 Å².